The Morgan fingerprint density at radius 1 is 1.13 bits per heavy atom. The van der Waals surface area contributed by atoms with Crippen molar-refractivity contribution in [2.24, 2.45) is 0 Å². The number of rotatable bonds is 17. The largest absolute Gasteiger partial charge is 0.489 e. The lowest BCUT2D eigenvalue weighted by molar-refractivity contribution is -0.172. The van der Waals surface area contributed by atoms with Crippen LogP contribution in [0, 0.1) is 23.0 Å². The number of anilines is 2. The van der Waals surface area contributed by atoms with Crippen LogP contribution in [-0.2, 0) is 39.5 Å². The second-order valence-electron chi connectivity index (χ2n) is 20.6. The number of ether oxygens (including phenoxy) is 3. The number of fused-ring (bicyclic) bond motifs is 8. The number of carbonyl (C=O) groups excluding carboxylic acids is 2. The van der Waals surface area contributed by atoms with Gasteiger partial charge in [0, 0.05) is 58.4 Å². The maximum atomic E-state index is 17.3. The summed E-state index contributed by atoms with van der Waals surface area (Å²) in [4.78, 5) is 57.0. The second kappa shape index (κ2) is 21.0. The summed E-state index contributed by atoms with van der Waals surface area (Å²) in [6.07, 6.45) is 3.76. The molecule has 7 aromatic rings. The van der Waals surface area contributed by atoms with Crippen LogP contribution in [0.5, 0.6) is 11.8 Å². The zero-order valence-corrected chi connectivity index (χ0v) is 45.3. The summed E-state index contributed by atoms with van der Waals surface area (Å²) in [6.45, 7) is 7.10. The summed E-state index contributed by atoms with van der Waals surface area (Å²) in [5, 5.41) is 31.9. The van der Waals surface area contributed by atoms with Crippen molar-refractivity contribution in [3.63, 3.8) is 0 Å². The van der Waals surface area contributed by atoms with Crippen LogP contribution in [0.2, 0.25) is 5.02 Å². The molecule has 6 N–H and O–H groups in total. The van der Waals surface area contributed by atoms with Gasteiger partial charge >= 0.3 is 12.0 Å². The summed E-state index contributed by atoms with van der Waals surface area (Å²) in [5.74, 6) is -2.10. The van der Waals surface area contributed by atoms with Crippen LogP contribution < -0.4 is 36.7 Å². The zero-order chi connectivity index (χ0) is 55.7. The minimum Gasteiger partial charge on any atom is -0.489 e. The molecule has 4 aromatic heterocycles. The minimum atomic E-state index is -1.95. The Morgan fingerprint density at radius 3 is 2.72 bits per heavy atom. The molecule has 0 bridgehead atoms. The minimum absolute atomic E-state index is 0.0119. The Bertz CT molecular complexity index is 3830. The lowest BCUT2D eigenvalue weighted by Gasteiger charge is -2.31. The molecule has 2 fully saturated rings. The van der Waals surface area contributed by atoms with E-state index in [2.05, 4.69) is 25.8 Å². The predicted octanol–water partition coefficient (Wildman–Crippen LogP) is 8.34. The number of nitrogen functional groups attached to an aromatic ring is 1. The molecular formula is C57H56ClF3N10O7S. The van der Waals surface area contributed by atoms with E-state index in [4.69, 9.17) is 41.5 Å². The number of alkyl halides is 1. The van der Waals surface area contributed by atoms with E-state index in [0.717, 1.165) is 46.9 Å². The number of nitrogens with zero attached hydrogens (tertiary/aromatic N) is 6. The third-order valence-electron chi connectivity index (χ3n) is 15.8. The van der Waals surface area contributed by atoms with Gasteiger partial charge in [-0.2, -0.15) is 15.2 Å². The summed E-state index contributed by atoms with van der Waals surface area (Å²) >= 11 is 7.80. The van der Waals surface area contributed by atoms with Crippen molar-refractivity contribution in [3.8, 4) is 40.3 Å². The van der Waals surface area contributed by atoms with Crippen molar-refractivity contribution in [1.29, 1.82) is 5.26 Å². The van der Waals surface area contributed by atoms with Gasteiger partial charge in [0.15, 0.2) is 11.4 Å². The second-order valence-corrected chi connectivity index (χ2v) is 22.1. The van der Waals surface area contributed by atoms with E-state index in [-0.39, 0.29) is 122 Å². The molecule has 8 heterocycles. The Morgan fingerprint density at radius 2 is 1.95 bits per heavy atom. The number of aliphatic hydroxyl groups is 1. The first-order chi connectivity index (χ1) is 38.0. The Balaban J connectivity index is 0.846. The molecule has 0 aliphatic carbocycles. The van der Waals surface area contributed by atoms with E-state index < -0.39 is 46.9 Å². The number of nitrogens with one attached hydrogen (secondary N) is 3. The third kappa shape index (κ3) is 9.26. The summed E-state index contributed by atoms with van der Waals surface area (Å²) < 4.78 is 66.8. The molecule has 0 radical (unpaired) electrons. The molecule has 410 valence electrons. The number of benzene rings is 3. The smallest absolute Gasteiger partial charge is 0.343 e. The van der Waals surface area contributed by atoms with Gasteiger partial charge in [0.05, 0.1) is 55.4 Å². The molecule has 22 heteroatoms. The number of halogens is 4. The molecule has 4 aliphatic heterocycles. The van der Waals surface area contributed by atoms with E-state index in [1.165, 1.54) is 12.1 Å². The predicted molar refractivity (Wildman–Crippen MR) is 295 cm³/mol. The van der Waals surface area contributed by atoms with Crippen LogP contribution in [0.15, 0.2) is 58.9 Å². The van der Waals surface area contributed by atoms with Crippen molar-refractivity contribution < 1.29 is 42.1 Å². The van der Waals surface area contributed by atoms with Gasteiger partial charge in [0.2, 0.25) is 5.91 Å². The van der Waals surface area contributed by atoms with Crippen LogP contribution in [0.25, 0.3) is 54.4 Å². The van der Waals surface area contributed by atoms with Crippen LogP contribution >= 0.6 is 22.9 Å². The number of aromatic nitrogens is 4. The first-order valence-electron chi connectivity index (χ1n) is 26.3. The molecule has 11 rings (SSSR count). The van der Waals surface area contributed by atoms with Crippen LogP contribution in [0.4, 0.5) is 24.0 Å². The monoisotopic (exact) mass is 1120 g/mol. The number of pyridine rings is 2. The quantitative estimate of drug-likeness (QED) is 0.0328. The van der Waals surface area contributed by atoms with E-state index in [9.17, 15) is 29.1 Å². The van der Waals surface area contributed by atoms with Crippen molar-refractivity contribution in [1.82, 2.24) is 35.1 Å². The molecule has 0 unspecified atom stereocenters. The van der Waals surface area contributed by atoms with Gasteiger partial charge in [0.1, 0.15) is 60.0 Å². The van der Waals surface area contributed by atoms with Crippen molar-refractivity contribution in [2.45, 2.75) is 95.8 Å². The Hall–Kier alpha value is -7.35. The molecule has 2 saturated heterocycles. The number of hydrogen-bond donors (Lipinski definition) is 5. The number of amides is 1. The highest BCUT2D eigenvalue weighted by molar-refractivity contribution is 7.23. The third-order valence-corrected chi connectivity index (χ3v) is 17.2. The number of esters is 1. The average molecular weight is 1120 g/mol. The summed E-state index contributed by atoms with van der Waals surface area (Å²) in [6, 6.07) is 12.4. The molecule has 79 heavy (non-hydrogen) atoms. The van der Waals surface area contributed by atoms with Crippen molar-refractivity contribution in [2.75, 3.05) is 57.5 Å². The van der Waals surface area contributed by atoms with Gasteiger partial charge in [-0.3, -0.25) is 14.5 Å². The number of aryl methyl sites for hydroxylation is 1. The fourth-order valence-corrected chi connectivity index (χ4v) is 13.0. The highest BCUT2D eigenvalue weighted by Crippen LogP contribution is 2.47. The SMILES string of the molecule is CCc1c2c(nc3ccc(OC/C(=C\CCNC)C(=O)NC[C@H](C)Nc4nc(OC[C@@]56CCCN5C[C@H](F)C6)nc5c(F)c(-c6ccc(F)c7sc(N)c(C#N)c67)c(Cl)cc45)cc13)-c1cc3c(c(=O)n1C2)COC(=O)[C@]3(O)CC. The molecule has 0 saturated carbocycles. The van der Waals surface area contributed by atoms with E-state index in [1.54, 1.807) is 36.6 Å². The van der Waals surface area contributed by atoms with Gasteiger partial charge in [-0.15, -0.1) is 11.3 Å². The highest BCUT2D eigenvalue weighted by atomic mass is 35.5. The van der Waals surface area contributed by atoms with Crippen molar-refractivity contribution in [3.05, 3.63) is 109 Å². The van der Waals surface area contributed by atoms with Crippen LogP contribution in [0.1, 0.15) is 80.7 Å². The average Bonchev–Trinajstić information content (AvgIpc) is 4.06. The Labute approximate surface area is 460 Å². The molecule has 4 atom stereocenters. The Kier molecular flexibility index (Phi) is 14.3. The molecule has 1 amide bonds. The maximum Gasteiger partial charge on any atom is 0.343 e. The highest BCUT2D eigenvalue weighted by Gasteiger charge is 2.50. The lowest BCUT2D eigenvalue weighted by atomic mass is 9.86. The number of nitriles is 1. The molecule has 17 nitrogen and oxygen atoms in total. The standard InChI is InChI=1S/C57H56ClF3N10O7S/c1-5-32-34-17-31(10-13-42(34)67-47-37(32)24-71-43(47)19-39-38(53(71)73)26-77-54(74)57(39,75)6-2)76-25-29(9-7-15-64-4)52(72)65-22-28(3)66-51-35-18-40(58)45(33-11-12-41(60)49-44(33)36(21-62)50(63)79-49)46(61)48(35)68-55(69-51)78-27-56-14-8-16-70(56)23-30(59)20-56/h9-13,17-19,28,30,64,75H,5-8,14-16,20,22-27,63H2,1-4H3,(H,65,72)(H,66,68,69)/b29-9+/t28-,30+,56-,57-/m0/s1. The van der Waals surface area contributed by atoms with Gasteiger partial charge in [-0.25, -0.2) is 22.9 Å². The van der Waals surface area contributed by atoms with Crippen LogP contribution in [-0.4, -0.2) is 106 Å². The molecule has 0 spiro atoms. The number of cyclic esters (lactones) is 1. The maximum absolute atomic E-state index is 17.3. The zero-order valence-electron chi connectivity index (χ0n) is 43.8. The van der Waals surface area contributed by atoms with Gasteiger partial charge < -0.3 is 45.6 Å². The van der Waals surface area contributed by atoms with Crippen molar-refractivity contribution >= 4 is 77.5 Å². The molecule has 3 aromatic carbocycles. The lowest BCUT2D eigenvalue weighted by Crippen LogP contribution is -2.44. The van der Waals surface area contributed by atoms with E-state index in [1.807, 2.05) is 32.2 Å². The van der Waals surface area contributed by atoms with E-state index in [0.29, 0.717) is 60.6 Å². The fourth-order valence-electron chi connectivity index (χ4n) is 11.8. The summed E-state index contributed by atoms with van der Waals surface area (Å²) in [5.41, 5.74) is 7.45. The number of carbonyl (C=O) groups is 2. The molecular weight excluding hydrogens is 1060 g/mol. The topological polar surface area (TPSA) is 232 Å². The fraction of sp³-hybridized carbons (Fsp3) is 0.386. The van der Waals surface area contributed by atoms with Crippen LogP contribution in [0.3, 0.4) is 0 Å². The summed E-state index contributed by atoms with van der Waals surface area (Å²) in [7, 11) is 1.81. The molecule has 4 aliphatic rings. The normalized spacial score (nSPS) is 20.0. The van der Waals surface area contributed by atoms with E-state index >= 15 is 8.78 Å². The number of thiophene rings is 1. The number of nitrogens with two attached hydrogens (primary N) is 1. The van der Waals surface area contributed by atoms with Gasteiger partial charge in [0.25, 0.3) is 5.56 Å². The number of hydrogen-bond acceptors (Lipinski definition) is 16. The van der Waals surface area contributed by atoms with Gasteiger partial charge in [-0.1, -0.05) is 37.6 Å². The first kappa shape index (κ1) is 53.6. The van der Waals surface area contributed by atoms with Gasteiger partial charge in [-0.05, 0) is 107 Å². The first-order valence-corrected chi connectivity index (χ1v) is 27.5.